The maximum absolute atomic E-state index is 11.0. The SMILES string of the molecule is CCc1c(C)[nH]c2c(C)cc(C(=O)O)cc12. The molecule has 1 aromatic heterocycles. The standard InChI is InChI=1S/C13H15NO2/c1-4-10-8(3)14-12-7(2)5-9(13(15)16)6-11(10)12/h5-6,14H,4H2,1-3H3,(H,15,16). The number of aromatic amines is 1. The predicted octanol–water partition coefficient (Wildman–Crippen LogP) is 3.05. The first-order valence-electron chi connectivity index (χ1n) is 5.39. The quantitative estimate of drug-likeness (QED) is 0.812. The zero-order valence-corrected chi connectivity index (χ0v) is 9.72. The van der Waals surface area contributed by atoms with E-state index in [1.807, 2.05) is 13.8 Å². The third kappa shape index (κ3) is 1.48. The third-order valence-electron chi connectivity index (χ3n) is 3.03. The minimum absolute atomic E-state index is 0.360. The molecule has 3 heteroatoms. The Kier molecular flexibility index (Phi) is 2.46. The van der Waals surface area contributed by atoms with Crippen molar-refractivity contribution < 1.29 is 9.90 Å². The Hall–Kier alpha value is -1.77. The second-order valence-electron chi connectivity index (χ2n) is 4.10. The lowest BCUT2D eigenvalue weighted by Gasteiger charge is -2.01. The number of H-pyrrole nitrogens is 1. The molecule has 2 rings (SSSR count). The van der Waals surface area contributed by atoms with Crippen LogP contribution in [0.15, 0.2) is 12.1 Å². The molecule has 0 spiro atoms. The molecule has 0 aliphatic carbocycles. The zero-order valence-electron chi connectivity index (χ0n) is 9.72. The molecule has 84 valence electrons. The van der Waals surface area contributed by atoms with Gasteiger partial charge in [-0.1, -0.05) is 6.92 Å². The highest BCUT2D eigenvalue weighted by Gasteiger charge is 2.12. The number of hydrogen-bond acceptors (Lipinski definition) is 1. The van der Waals surface area contributed by atoms with E-state index in [0.29, 0.717) is 5.56 Å². The van der Waals surface area contributed by atoms with Crippen molar-refractivity contribution in [1.82, 2.24) is 4.98 Å². The van der Waals surface area contributed by atoms with Gasteiger partial charge in [0.15, 0.2) is 0 Å². The van der Waals surface area contributed by atoms with E-state index in [-0.39, 0.29) is 0 Å². The van der Waals surface area contributed by atoms with E-state index in [9.17, 15) is 4.79 Å². The largest absolute Gasteiger partial charge is 0.478 e. The number of nitrogens with one attached hydrogen (secondary N) is 1. The van der Waals surface area contributed by atoms with Crippen LogP contribution in [0.4, 0.5) is 0 Å². The van der Waals surface area contributed by atoms with Gasteiger partial charge in [-0.3, -0.25) is 0 Å². The Bertz CT molecular complexity index is 567. The van der Waals surface area contributed by atoms with Crippen molar-refractivity contribution in [2.75, 3.05) is 0 Å². The molecule has 0 radical (unpaired) electrons. The molecule has 16 heavy (non-hydrogen) atoms. The first kappa shape index (κ1) is 10.7. The van der Waals surface area contributed by atoms with Gasteiger partial charge in [-0.2, -0.15) is 0 Å². The van der Waals surface area contributed by atoms with Crippen LogP contribution < -0.4 is 0 Å². The van der Waals surface area contributed by atoms with E-state index in [1.54, 1.807) is 12.1 Å². The van der Waals surface area contributed by atoms with E-state index in [1.165, 1.54) is 5.56 Å². The Morgan fingerprint density at radius 2 is 2.06 bits per heavy atom. The molecule has 0 aliphatic heterocycles. The molecule has 0 fully saturated rings. The summed E-state index contributed by atoms with van der Waals surface area (Å²) >= 11 is 0. The smallest absolute Gasteiger partial charge is 0.335 e. The average Bonchev–Trinajstić information content (AvgIpc) is 2.54. The fraction of sp³-hybridized carbons (Fsp3) is 0.308. The second kappa shape index (κ2) is 3.67. The Labute approximate surface area is 94.1 Å². The van der Waals surface area contributed by atoms with Gasteiger partial charge in [0, 0.05) is 16.6 Å². The molecule has 0 aliphatic rings. The molecule has 0 amide bonds. The molecular weight excluding hydrogens is 202 g/mol. The summed E-state index contributed by atoms with van der Waals surface area (Å²) < 4.78 is 0. The number of aromatic nitrogens is 1. The van der Waals surface area contributed by atoms with Crippen LogP contribution in [0.1, 0.15) is 34.1 Å². The molecule has 1 aromatic carbocycles. The van der Waals surface area contributed by atoms with E-state index in [2.05, 4.69) is 11.9 Å². The zero-order chi connectivity index (χ0) is 11.9. The van der Waals surface area contributed by atoms with E-state index < -0.39 is 5.97 Å². The summed E-state index contributed by atoms with van der Waals surface area (Å²) in [6.07, 6.45) is 0.911. The fourth-order valence-corrected chi connectivity index (χ4v) is 2.24. The first-order valence-corrected chi connectivity index (χ1v) is 5.39. The molecular formula is C13H15NO2. The number of hydrogen-bond donors (Lipinski definition) is 2. The number of benzene rings is 1. The molecule has 0 unspecified atom stereocenters. The van der Waals surface area contributed by atoms with Crippen molar-refractivity contribution >= 4 is 16.9 Å². The molecule has 0 saturated carbocycles. The van der Waals surface area contributed by atoms with Crippen molar-refractivity contribution in [1.29, 1.82) is 0 Å². The van der Waals surface area contributed by atoms with Crippen molar-refractivity contribution in [3.63, 3.8) is 0 Å². The maximum atomic E-state index is 11.0. The summed E-state index contributed by atoms with van der Waals surface area (Å²) in [7, 11) is 0. The predicted molar refractivity (Wildman–Crippen MR) is 64.1 cm³/mol. The number of aryl methyl sites for hydroxylation is 3. The van der Waals surface area contributed by atoms with Gasteiger partial charge in [0.05, 0.1) is 5.56 Å². The lowest BCUT2D eigenvalue weighted by atomic mass is 10.0. The highest BCUT2D eigenvalue weighted by Crippen LogP contribution is 2.26. The van der Waals surface area contributed by atoms with Crippen molar-refractivity contribution in [2.45, 2.75) is 27.2 Å². The summed E-state index contributed by atoms with van der Waals surface area (Å²) in [6.45, 7) is 6.04. The summed E-state index contributed by atoms with van der Waals surface area (Å²) in [5.74, 6) is -0.870. The highest BCUT2D eigenvalue weighted by molar-refractivity contribution is 5.96. The second-order valence-corrected chi connectivity index (χ2v) is 4.10. The van der Waals surface area contributed by atoms with Crippen molar-refractivity contribution in [3.8, 4) is 0 Å². The Balaban J connectivity index is 2.83. The molecule has 0 atom stereocenters. The highest BCUT2D eigenvalue weighted by atomic mass is 16.4. The third-order valence-corrected chi connectivity index (χ3v) is 3.03. The van der Waals surface area contributed by atoms with Crippen LogP contribution in [0.5, 0.6) is 0 Å². The minimum atomic E-state index is -0.870. The van der Waals surface area contributed by atoms with E-state index in [0.717, 1.165) is 28.6 Å². The topological polar surface area (TPSA) is 53.1 Å². The summed E-state index contributed by atoms with van der Waals surface area (Å²) in [4.78, 5) is 14.3. The minimum Gasteiger partial charge on any atom is -0.478 e. The molecule has 3 nitrogen and oxygen atoms in total. The van der Waals surface area contributed by atoms with Gasteiger partial charge < -0.3 is 10.1 Å². The van der Waals surface area contributed by atoms with Gasteiger partial charge in [0.1, 0.15) is 0 Å². The van der Waals surface area contributed by atoms with Crippen LogP contribution in [0.2, 0.25) is 0 Å². The number of carbonyl (C=O) groups is 1. The van der Waals surface area contributed by atoms with Crippen LogP contribution in [0, 0.1) is 13.8 Å². The number of rotatable bonds is 2. The fourth-order valence-electron chi connectivity index (χ4n) is 2.24. The van der Waals surface area contributed by atoms with Crippen molar-refractivity contribution in [3.05, 3.63) is 34.5 Å². The number of aromatic carboxylic acids is 1. The Morgan fingerprint density at radius 3 is 2.62 bits per heavy atom. The number of carboxylic acid groups (broad SMARTS) is 1. The summed E-state index contributed by atoms with van der Waals surface area (Å²) in [5.41, 5.74) is 4.74. The molecule has 1 heterocycles. The van der Waals surface area contributed by atoms with Gasteiger partial charge in [-0.15, -0.1) is 0 Å². The van der Waals surface area contributed by atoms with Gasteiger partial charge in [-0.25, -0.2) is 4.79 Å². The molecule has 0 saturated heterocycles. The van der Waals surface area contributed by atoms with Gasteiger partial charge in [-0.05, 0) is 43.5 Å². The summed E-state index contributed by atoms with van der Waals surface area (Å²) in [5, 5.41) is 10.1. The lowest BCUT2D eigenvalue weighted by Crippen LogP contribution is -1.97. The Morgan fingerprint density at radius 1 is 1.38 bits per heavy atom. The number of carboxylic acids is 1. The summed E-state index contributed by atoms with van der Waals surface area (Å²) in [6, 6.07) is 3.47. The van der Waals surface area contributed by atoms with E-state index >= 15 is 0 Å². The van der Waals surface area contributed by atoms with Gasteiger partial charge >= 0.3 is 5.97 Å². The van der Waals surface area contributed by atoms with Crippen LogP contribution >= 0.6 is 0 Å². The normalized spacial score (nSPS) is 10.9. The molecule has 2 aromatic rings. The van der Waals surface area contributed by atoms with Crippen LogP contribution in [-0.2, 0) is 6.42 Å². The van der Waals surface area contributed by atoms with Crippen LogP contribution in [0.3, 0.4) is 0 Å². The van der Waals surface area contributed by atoms with Crippen LogP contribution in [0.25, 0.3) is 10.9 Å². The maximum Gasteiger partial charge on any atom is 0.335 e. The molecule has 0 bridgehead atoms. The van der Waals surface area contributed by atoms with Gasteiger partial charge in [0.25, 0.3) is 0 Å². The lowest BCUT2D eigenvalue weighted by molar-refractivity contribution is 0.0697. The molecule has 2 N–H and O–H groups in total. The van der Waals surface area contributed by atoms with Crippen LogP contribution in [-0.4, -0.2) is 16.1 Å². The van der Waals surface area contributed by atoms with Crippen molar-refractivity contribution in [2.24, 2.45) is 0 Å². The van der Waals surface area contributed by atoms with E-state index in [4.69, 9.17) is 5.11 Å². The first-order chi connectivity index (χ1) is 7.54. The number of fused-ring (bicyclic) bond motifs is 1. The van der Waals surface area contributed by atoms with Gasteiger partial charge in [0.2, 0.25) is 0 Å². The monoisotopic (exact) mass is 217 g/mol. The average molecular weight is 217 g/mol.